The molecule has 1 atom stereocenters. The number of thioether (sulfide) groups is 1. The van der Waals surface area contributed by atoms with Gasteiger partial charge in [-0.25, -0.2) is 14.4 Å². The Kier molecular flexibility index (Phi) is 4.60. The number of aryl methyl sites for hydroxylation is 2. The summed E-state index contributed by atoms with van der Waals surface area (Å²) in [6.45, 7) is 2.03. The molecule has 0 fully saturated rings. The maximum atomic E-state index is 13.1. The van der Waals surface area contributed by atoms with Gasteiger partial charge >= 0.3 is 0 Å². The van der Waals surface area contributed by atoms with Crippen molar-refractivity contribution in [2.45, 2.75) is 42.9 Å². The van der Waals surface area contributed by atoms with Crippen molar-refractivity contribution in [1.82, 2.24) is 20.2 Å². The first-order valence-electron chi connectivity index (χ1n) is 9.20. The minimum atomic E-state index is -0.292. The summed E-state index contributed by atoms with van der Waals surface area (Å²) in [5.41, 5.74) is 2.12. The lowest BCUT2D eigenvalue weighted by Crippen LogP contribution is -1.99. The molecule has 4 aromatic rings. The Morgan fingerprint density at radius 2 is 1.93 bits per heavy atom. The topological polar surface area (TPSA) is 64.7 Å². The van der Waals surface area contributed by atoms with Crippen LogP contribution in [0.25, 0.3) is 21.7 Å². The van der Waals surface area contributed by atoms with E-state index in [4.69, 9.17) is 4.42 Å². The molecule has 0 aliphatic heterocycles. The summed E-state index contributed by atoms with van der Waals surface area (Å²) < 4.78 is 19.0. The van der Waals surface area contributed by atoms with Crippen molar-refractivity contribution in [1.29, 1.82) is 0 Å². The Balaban J connectivity index is 1.44. The fraction of sp³-hybridized carbons (Fsp3) is 0.300. The average molecular weight is 413 g/mol. The molecule has 0 spiro atoms. The highest BCUT2D eigenvalue weighted by atomic mass is 32.2. The first kappa shape index (κ1) is 17.8. The van der Waals surface area contributed by atoms with Crippen molar-refractivity contribution >= 4 is 33.3 Å². The third-order valence-electron chi connectivity index (χ3n) is 4.88. The molecule has 3 aromatic heterocycles. The van der Waals surface area contributed by atoms with E-state index in [1.165, 1.54) is 40.8 Å². The zero-order chi connectivity index (χ0) is 19.1. The molecule has 0 amide bonds. The predicted octanol–water partition coefficient (Wildman–Crippen LogP) is 5.61. The molecule has 0 radical (unpaired) electrons. The lowest BCUT2D eigenvalue weighted by atomic mass is 9.97. The molecule has 5 rings (SSSR count). The molecule has 8 heteroatoms. The minimum absolute atomic E-state index is 0.0565. The third-order valence-corrected chi connectivity index (χ3v) is 7.17. The predicted molar refractivity (Wildman–Crippen MR) is 108 cm³/mol. The van der Waals surface area contributed by atoms with Crippen LogP contribution in [0.1, 0.15) is 41.3 Å². The Morgan fingerprint density at radius 3 is 2.79 bits per heavy atom. The zero-order valence-electron chi connectivity index (χ0n) is 15.2. The Hall–Kier alpha value is -2.32. The van der Waals surface area contributed by atoms with Gasteiger partial charge in [0.1, 0.15) is 22.0 Å². The van der Waals surface area contributed by atoms with Crippen LogP contribution in [0, 0.1) is 5.82 Å². The van der Waals surface area contributed by atoms with Gasteiger partial charge in [-0.3, -0.25) is 0 Å². The summed E-state index contributed by atoms with van der Waals surface area (Å²) in [7, 11) is 0. The summed E-state index contributed by atoms with van der Waals surface area (Å²) in [6, 6.07) is 6.04. The highest BCUT2D eigenvalue weighted by Crippen LogP contribution is 2.43. The summed E-state index contributed by atoms with van der Waals surface area (Å²) in [5, 5.41) is 10.4. The van der Waals surface area contributed by atoms with Gasteiger partial charge in [-0.2, -0.15) is 0 Å². The monoisotopic (exact) mass is 412 g/mol. The van der Waals surface area contributed by atoms with E-state index in [0.29, 0.717) is 17.3 Å². The van der Waals surface area contributed by atoms with Crippen LogP contribution >= 0.6 is 23.1 Å². The molecule has 1 aliphatic carbocycles. The van der Waals surface area contributed by atoms with E-state index in [9.17, 15) is 4.39 Å². The molecule has 0 saturated heterocycles. The maximum Gasteiger partial charge on any atom is 0.247 e. The quantitative estimate of drug-likeness (QED) is 0.320. The molecule has 142 valence electrons. The number of thiophene rings is 1. The number of hydrogen-bond acceptors (Lipinski definition) is 7. The maximum absolute atomic E-state index is 13.1. The van der Waals surface area contributed by atoms with Crippen molar-refractivity contribution in [3.8, 4) is 11.5 Å². The van der Waals surface area contributed by atoms with Crippen LogP contribution in [0.15, 0.2) is 40.0 Å². The number of hydrogen-bond donors (Lipinski definition) is 0. The number of fused-ring (bicyclic) bond motifs is 3. The lowest BCUT2D eigenvalue weighted by Gasteiger charge is -2.12. The average Bonchev–Trinajstić information content (AvgIpc) is 3.34. The van der Waals surface area contributed by atoms with Crippen LogP contribution in [0.5, 0.6) is 0 Å². The van der Waals surface area contributed by atoms with Gasteiger partial charge in [0.25, 0.3) is 0 Å². The second kappa shape index (κ2) is 7.25. The van der Waals surface area contributed by atoms with E-state index in [2.05, 4.69) is 20.2 Å². The second-order valence-electron chi connectivity index (χ2n) is 6.78. The smallest absolute Gasteiger partial charge is 0.247 e. The normalized spacial score (nSPS) is 14.9. The first-order chi connectivity index (χ1) is 13.7. The standard InChI is InChI=1S/C20H17FN4OS2/c1-11(17-24-25-18(26-17)12-6-8-13(21)9-7-12)27-19-16-14-4-2-3-5-15(14)28-20(16)23-10-22-19/h6-11H,2-5H2,1H3/t11-/m0/s1. The minimum Gasteiger partial charge on any atom is -0.419 e. The van der Waals surface area contributed by atoms with Crippen molar-refractivity contribution in [3.63, 3.8) is 0 Å². The van der Waals surface area contributed by atoms with E-state index in [0.717, 1.165) is 22.7 Å². The summed E-state index contributed by atoms with van der Waals surface area (Å²) in [6.07, 6.45) is 6.34. The molecule has 28 heavy (non-hydrogen) atoms. The number of nitrogens with zero attached hydrogens (tertiary/aromatic N) is 4. The summed E-state index contributed by atoms with van der Waals surface area (Å²) in [4.78, 5) is 11.6. The molecule has 3 heterocycles. The summed E-state index contributed by atoms with van der Waals surface area (Å²) in [5.74, 6) is 0.627. The second-order valence-corrected chi connectivity index (χ2v) is 9.20. The number of benzene rings is 1. The molecule has 1 aliphatic rings. The molecule has 5 nitrogen and oxygen atoms in total. The summed E-state index contributed by atoms with van der Waals surface area (Å²) >= 11 is 3.41. The van der Waals surface area contributed by atoms with Gasteiger partial charge in [-0.15, -0.1) is 21.5 Å². The molecule has 0 unspecified atom stereocenters. The molecular formula is C20H17FN4OS2. The Labute approximate surface area is 169 Å². The Bertz CT molecular complexity index is 1140. The molecule has 0 saturated carbocycles. The van der Waals surface area contributed by atoms with Crippen LogP contribution in [0.4, 0.5) is 4.39 Å². The van der Waals surface area contributed by atoms with Gasteiger partial charge in [0.05, 0.1) is 5.25 Å². The molecule has 0 N–H and O–H groups in total. The van der Waals surface area contributed by atoms with E-state index in [1.54, 1.807) is 41.6 Å². The van der Waals surface area contributed by atoms with Gasteiger partial charge in [0.15, 0.2) is 0 Å². The third kappa shape index (κ3) is 3.20. The molecule has 0 bridgehead atoms. The van der Waals surface area contributed by atoms with Gasteiger partial charge in [0.2, 0.25) is 11.8 Å². The van der Waals surface area contributed by atoms with Gasteiger partial charge in [0, 0.05) is 15.8 Å². The molecule has 1 aromatic carbocycles. The zero-order valence-corrected chi connectivity index (χ0v) is 16.8. The first-order valence-corrected chi connectivity index (χ1v) is 10.9. The van der Waals surface area contributed by atoms with Crippen LogP contribution in [-0.4, -0.2) is 20.2 Å². The van der Waals surface area contributed by atoms with Gasteiger partial charge < -0.3 is 4.42 Å². The highest BCUT2D eigenvalue weighted by molar-refractivity contribution is 7.99. The van der Waals surface area contributed by atoms with Crippen molar-refractivity contribution in [3.05, 3.63) is 52.7 Å². The van der Waals surface area contributed by atoms with Gasteiger partial charge in [-0.05, 0) is 62.4 Å². The van der Waals surface area contributed by atoms with Crippen LogP contribution in [0.3, 0.4) is 0 Å². The fourth-order valence-electron chi connectivity index (χ4n) is 3.48. The van der Waals surface area contributed by atoms with Gasteiger partial charge in [-0.1, -0.05) is 11.8 Å². The number of rotatable bonds is 4. The number of halogens is 1. The fourth-order valence-corrected chi connectivity index (χ4v) is 5.75. The van der Waals surface area contributed by atoms with Crippen LogP contribution in [-0.2, 0) is 12.8 Å². The van der Waals surface area contributed by atoms with Crippen LogP contribution < -0.4 is 0 Å². The van der Waals surface area contributed by atoms with Crippen LogP contribution in [0.2, 0.25) is 0 Å². The lowest BCUT2D eigenvalue weighted by molar-refractivity contribution is 0.509. The van der Waals surface area contributed by atoms with E-state index in [-0.39, 0.29) is 11.1 Å². The van der Waals surface area contributed by atoms with E-state index < -0.39 is 0 Å². The highest BCUT2D eigenvalue weighted by Gasteiger charge is 2.23. The van der Waals surface area contributed by atoms with Crippen molar-refractivity contribution in [2.75, 3.05) is 0 Å². The molecular weight excluding hydrogens is 395 g/mol. The largest absolute Gasteiger partial charge is 0.419 e. The SMILES string of the molecule is C[C@H](Sc1ncnc2sc3c(c12)CCCC3)c1nnc(-c2ccc(F)cc2)o1. The van der Waals surface area contributed by atoms with Crippen molar-refractivity contribution < 1.29 is 8.81 Å². The Morgan fingerprint density at radius 1 is 1.11 bits per heavy atom. The van der Waals surface area contributed by atoms with E-state index >= 15 is 0 Å². The van der Waals surface area contributed by atoms with Crippen molar-refractivity contribution in [2.24, 2.45) is 0 Å². The number of aromatic nitrogens is 4. The van der Waals surface area contributed by atoms with E-state index in [1.807, 2.05) is 6.92 Å².